The maximum Gasteiger partial charge on any atom is 0.250 e. The van der Waals surface area contributed by atoms with Gasteiger partial charge in [0.15, 0.2) is 0 Å². The van der Waals surface area contributed by atoms with Crippen molar-refractivity contribution in [1.29, 1.82) is 0 Å². The Labute approximate surface area is 111 Å². The lowest BCUT2D eigenvalue weighted by atomic mass is 10.0. The molecule has 1 aliphatic carbocycles. The van der Waals surface area contributed by atoms with Crippen LogP contribution in [-0.2, 0) is 17.6 Å². The summed E-state index contributed by atoms with van der Waals surface area (Å²) in [5.41, 5.74) is 4.56. The van der Waals surface area contributed by atoms with E-state index in [2.05, 4.69) is 29.2 Å². The second-order valence-corrected chi connectivity index (χ2v) is 4.61. The number of hydrogen-bond donors (Lipinski definition) is 1. The number of nitrogens with one attached hydrogen (secondary N) is 1. The SMILES string of the molecule is C=CC(=O)Nc1cc(-c2ccc3c(c2)CCC3)no1. The predicted octanol–water partition coefficient (Wildman–Crippen LogP) is 2.95. The van der Waals surface area contributed by atoms with Crippen LogP contribution in [0.5, 0.6) is 0 Å². The fraction of sp³-hybridized carbons (Fsp3) is 0.200. The Balaban J connectivity index is 1.86. The third-order valence-corrected chi connectivity index (χ3v) is 3.34. The highest BCUT2D eigenvalue weighted by Gasteiger charge is 2.13. The molecule has 0 atom stereocenters. The van der Waals surface area contributed by atoms with Gasteiger partial charge in [0.25, 0.3) is 0 Å². The number of aromatic nitrogens is 1. The first-order valence-corrected chi connectivity index (χ1v) is 6.28. The molecule has 0 spiro atoms. The fourth-order valence-electron chi connectivity index (χ4n) is 2.37. The number of nitrogens with zero attached hydrogens (tertiary/aromatic N) is 1. The van der Waals surface area contributed by atoms with Crippen molar-refractivity contribution < 1.29 is 9.32 Å². The lowest BCUT2D eigenvalue weighted by molar-refractivity contribution is -0.112. The number of hydrogen-bond acceptors (Lipinski definition) is 3. The Morgan fingerprint density at radius 2 is 2.16 bits per heavy atom. The van der Waals surface area contributed by atoms with E-state index < -0.39 is 0 Å². The summed E-state index contributed by atoms with van der Waals surface area (Å²) in [5, 5.41) is 6.52. The number of carbonyl (C=O) groups excluding carboxylic acids is 1. The first-order valence-electron chi connectivity index (χ1n) is 6.28. The van der Waals surface area contributed by atoms with Crippen molar-refractivity contribution in [2.75, 3.05) is 5.32 Å². The number of carbonyl (C=O) groups is 1. The molecule has 1 N–H and O–H groups in total. The summed E-state index contributed by atoms with van der Waals surface area (Å²) in [7, 11) is 0. The summed E-state index contributed by atoms with van der Waals surface area (Å²) >= 11 is 0. The van der Waals surface area contributed by atoms with Gasteiger partial charge in [0.05, 0.1) is 0 Å². The van der Waals surface area contributed by atoms with E-state index >= 15 is 0 Å². The minimum absolute atomic E-state index is 0.309. The van der Waals surface area contributed by atoms with Crippen LogP contribution in [0.25, 0.3) is 11.3 Å². The Bertz CT molecular complexity index is 643. The Kier molecular flexibility index (Phi) is 2.91. The first kappa shape index (κ1) is 11.7. The quantitative estimate of drug-likeness (QED) is 0.857. The zero-order valence-corrected chi connectivity index (χ0v) is 10.5. The van der Waals surface area contributed by atoms with E-state index in [-0.39, 0.29) is 5.91 Å². The topological polar surface area (TPSA) is 55.1 Å². The second-order valence-electron chi connectivity index (χ2n) is 4.61. The Morgan fingerprint density at radius 1 is 1.32 bits per heavy atom. The molecule has 0 saturated carbocycles. The molecule has 96 valence electrons. The number of benzene rings is 1. The molecule has 3 rings (SSSR count). The molecule has 19 heavy (non-hydrogen) atoms. The standard InChI is InChI=1S/C15H14N2O2/c1-2-14(18)16-15-9-13(17-19-15)12-7-6-10-4-3-5-11(10)8-12/h2,6-9H,1,3-5H2,(H,16,18). The lowest BCUT2D eigenvalue weighted by Gasteiger charge is -2.01. The summed E-state index contributed by atoms with van der Waals surface area (Å²) in [4.78, 5) is 11.2. The van der Waals surface area contributed by atoms with Crippen molar-refractivity contribution >= 4 is 11.8 Å². The van der Waals surface area contributed by atoms with Crippen LogP contribution < -0.4 is 5.32 Å². The van der Waals surface area contributed by atoms with Gasteiger partial charge >= 0.3 is 0 Å². The van der Waals surface area contributed by atoms with E-state index in [4.69, 9.17) is 4.52 Å². The van der Waals surface area contributed by atoms with Gasteiger partial charge in [-0.25, -0.2) is 0 Å². The number of amides is 1. The largest absolute Gasteiger partial charge is 0.338 e. The average Bonchev–Trinajstić information content (AvgIpc) is 3.05. The summed E-state index contributed by atoms with van der Waals surface area (Å²) in [6.45, 7) is 3.39. The first-order chi connectivity index (χ1) is 9.26. The van der Waals surface area contributed by atoms with E-state index in [9.17, 15) is 4.79 Å². The van der Waals surface area contributed by atoms with Crippen LogP contribution in [0.3, 0.4) is 0 Å². The molecule has 1 aliphatic rings. The van der Waals surface area contributed by atoms with Gasteiger partial charge in [0.2, 0.25) is 11.8 Å². The zero-order chi connectivity index (χ0) is 13.2. The van der Waals surface area contributed by atoms with Crippen LogP contribution in [0, 0.1) is 0 Å². The molecular weight excluding hydrogens is 240 g/mol. The second kappa shape index (κ2) is 4.72. The normalized spacial score (nSPS) is 13.1. The highest BCUT2D eigenvalue weighted by atomic mass is 16.5. The summed E-state index contributed by atoms with van der Waals surface area (Å²) in [6.07, 6.45) is 4.70. The fourth-order valence-corrected chi connectivity index (χ4v) is 2.37. The van der Waals surface area contributed by atoms with Gasteiger partial charge in [0.1, 0.15) is 5.69 Å². The molecule has 1 amide bonds. The van der Waals surface area contributed by atoms with Gasteiger partial charge < -0.3 is 4.52 Å². The Morgan fingerprint density at radius 3 is 3.00 bits per heavy atom. The minimum Gasteiger partial charge on any atom is -0.338 e. The van der Waals surface area contributed by atoms with E-state index in [1.54, 1.807) is 6.07 Å². The molecule has 0 aliphatic heterocycles. The molecule has 2 aromatic rings. The summed E-state index contributed by atoms with van der Waals surface area (Å²) in [6, 6.07) is 8.06. The van der Waals surface area contributed by atoms with Crippen molar-refractivity contribution in [3.05, 3.63) is 48.0 Å². The van der Waals surface area contributed by atoms with Crippen LogP contribution in [0.15, 0.2) is 41.4 Å². The van der Waals surface area contributed by atoms with Gasteiger partial charge in [-0.1, -0.05) is 23.9 Å². The van der Waals surface area contributed by atoms with Crippen LogP contribution in [-0.4, -0.2) is 11.1 Å². The van der Waals surface area contributed by atoms with Gasteiger partial charge in [-0.15, -0.1) is 0 Å². The monoisotopic (exact) mass is 254 g/mol. The molecule has 0 fully saturated rings. The van der Waals surface area contributed by atoms with Gasteiger partial charge in [-0.2, -0.15) is 0 Å². The molecule has 1 aromatic heterocycles. The third kappa shape index (κ3) is 2.29. The molecule has 0 saturated heterocycles. The van der Waals surface area contributed by atoms with Crippen LogP contribution in [0.4, 0.5) is 5.88 Å². The smallest absolute Gasteiger partial charge is 0.250 e. The number of rotatable bonds is 3. The van der Waals surface area contributed by atoms with Gasteiger partial charge in [-0.3, -0.25) is 10.1 Å². The molecule has 4 heteroatoms. The Hall–Kier alpha value is -2.36. The van der Waals surface area contributed by atoms with E-state index in [1.807, 2.05) is 6.07 Å². The third-order valence-electron chi connectivity index (χ3n) is 3.34. The molecule has 0 bridgehead atoms. The minimum atomic E-state index is -0.309. The van der Waals surface area contributed by atoms with Gasteiger partial charge in [-0.05, 0) is 42.5 Å². The average molecular weight is 254 g/mol. The summed E-state index contributed by atoms with van der Waals surface area (Å²) in [5.74, 6) is 0.0250. The molecule has 4 nitrogen and oxygen atoms in total. The predicted molar refractivity (Wildman–Crippen MR) is 72.8 cm³/mol. The molecule has 1 heterocycles. The maximum absolute atomic E-state index is 11.2. The highest BCUT2D eigenvalue weighted by Crippen LogP contribution is 2.28. The number of fused-ring (bicyclic) bond motifs is 1. The van der Waals surface area contributed by atoms with E-state index in [1.165, 1.54) is 23.6 Å². The molecular formula is C15H14N2O2. The highest BCUT2D eigenvalue weighted by molar-refractivity contribution is 5.98. The number of aryl methyl sites for hydroxylation is 2. The van der Waals surface area contributed by atoms with E-state index in [0.29, 0.717) is 5.88 Å². The molecule has 0 unspecified atom stereocenters. The van der Waals surface area contributed by atoms with Crippen molar-refractivity contribution in [2.45, 2.75) is 19.3 Å². The van der Waals surface area contributed by atoms with Crippen molar-refractivity contribution in [2.24, 2.45) is 0 Å². The van der Waals surface area contributed by atoms with Crippen molar-refractivity contribution in [3.8, 4) is 11.3 Å². The van der Waals surface area contributed by atoms with Gasteiger partial charge in [0, 0.05) is 11.6 Å². The zero-order valence-electron chi connectivity index (χ0n) is 10.5. The van der Waals surface area contributed by atoms with Crippen molar-refractivity contribution in [3.63, 3.8) is 0 Å². The maximum atomic E-state index is 11.2. The summed E-state index contributed by atoms with van der Waals surface area (Å²) < 4.78 is 5.08. The molecule has 1 aromatic carbocycles. The number of anilines is 1. The van der Waals surface area contributed by atoms with Crippen molar-refractivity contribution in [1.82, 2.24) is 5.16 Å². The van der Waals surface area contributed by atoms with E-state index in [0.717, 1.165) is 24.1 Å². The van der Waals surface area contributed by atoms with Crippen LogP contribution in [0.2, 0.25) is 0 Å². The molecule has 0 radical (unpaired) electrons. The van der Waals surface area contributed by atoms with Crippen LogP contribution >= 0.6 is 0 Å². The van der Waals surface area contributed by atoms with Crippen LogP contribution in [0.1, 0.15) is 17.5 Å². The lowest BCUT2D eigenvalue weighted by Crippen LogP contribution is -2.05.